The number of nitrogens with zero attached hydrogens (tertiary/aromatic N) is 2. The van der Waals surface area contributed by atoms with E-state index in [0.29, 0.717) is 0 Å². The lowest BCUT2D eigenvalue weighted by molar-refractivity contribution is 0.333. The van der Waals surface area contributed by atoms with E-state index in [1.165, 1.54) is 117 Å². The Morgan fingerprint density at radius 3 is 1.98 bits per heavy atom. The van der Waals surface area contributed by atoms with Crippen molar-refractivity contribution in [1.82, 2.24) is 9.13 Å². The Morgan fingerprint density at radius 1 is 0.484 bits per heavy atom. The van der Waals surface area contributed by atoms with Crippen molar-refractivity contribution in [3.05, 3.63) is 203 Å². The number of hydrogen-bond donors (Lipinski definition) is 0. The lowest BCUT2D eigenvalue weighted by atomic mass is 9.61. The van der Waals surface area contributed by atoms with Crippen molar-refractivity contribution in [2.75, 3.05) is 0 Å². The fourth-order valence-electron chi connectivity index (χ4n) is 11.3. The van der Waals surface area contributed by atoms with Gasteiger partial charge in [0.25, 0.3) is 0 Å². The number of aromatic nitrogens is 2. The number of hydrogen-bond acceptors (Lipinski definition) is 0. The molecule has 0 bridgehead atoms. The van der Waals surface area contributed by atoms with Gasteiger partial charge in [-0.3, -0.25) is 0 Å². The molecule has 0 aliphatic heterocycles. The molecule has 0 spiro atoms. The highest BCUT2D eigenvalue weighted by molar-refractivity contribution is 6.10. The average molecular weight is 799 g/mol. The van der Waals surface area contributed by atoms with Crippen LogP contribution in [0, 0.1) is 0 Å². The maximum Gasteiger partial charge on any atom is 0.0541 e. The molecule has 300 valence electrons. The summed E-state index contributed by atoms with van der Waals surface area (Å²) in [4.78, 5) is 0. The van der Waals surface area contributed by atoms with Crippen LogP contribution in [0.3, 0.4) is 0 Å². The lowest BCUT2D eigenvalue weighted by Crippen LogP contribution is -2.34. The van der Waals surface area contributed by atoms with E-state index >= 15 is 0 Å². The summed E-state index contributed by atoms with van der Waals surface area (Å²) in [6.07, 6.45) is 8.35. The van der Waals surface area contributed by atoms with E-state index in [-0.39, 0.29) is 16.7 Å². The van der Waals surface area contributed by atoms with Crippen LogP contribution in [-0.2, 0) is 10.8 Å². The van der Waals surface area contributed by atoms with Gasteiger partial charge in [0.1, 0.15) is 0 Å². The molecule has 0 radical (unpaired) electrons. The monoisotopic (exact) mass is 798 g/mol. The Kier molecular flexibility index (Phi) is 8.22. The van der Waals surface area contributed by atoms with Gasteiger partial charge >= 0.3 is 0 Å². The first-order chi connectivity index (χ1) is 30.2. The molecule has 1 atom stereocenters. The van der Waals surface area contributed by atoms with Gasteiger partial charge in [0.15, 0.2) is 0 Å². The Bertz CT molecular complexity index is 3560. The minimum absolute atomic E-state index is 0.0878. The smallest absolute Gasteiger partial charge is 0.0541 e. The third kappa shape index (κ3) is 5.62. The molecule has 12 rings (SSSR count). The van der Waals surface area contributed by atoms with Crippen molar-refractivity contribution >= 4 is 55.6 Å². The van der Waals surface area contributed by atoms with E-state index < -0.39 is 0 Å². The molecule has 2 nitrogen and oxygen atoms in total. The van der Waals surface area contributed by atoms with Crippen LogP contribution in [0.25, 0.3) is 89.3 Å². The molecule has 62 heavy (non-hydrogen) atoms. The summed E-state index contributed by atoms with van der Waals surface area (Å²) in [6, 6.07) is 65.7. The number of benzene rings is 8. The van der Waals surface area contributed by atoms with Crippen LogP contribution in [0.1, 0.15) is 69.6 Å². The normalized spacial score (nSPS) is 16.5. The summed E-state index contributed by atoms with van der Waals surface area (Å²) in [7, 11) is 0. The van der Waals surface area contributed by atoms with Gasteiger partial charge in [-0.05, 0) is 117 Å². The second kappa shape index (κ2) is 13.8. The highest BCUT2D eigenvalue weighted by Gasteiger charge is 2.39. The minimum Gasteiger partial charge on any atom is -0.310 e. The molecule has 2 aliphatic carbocycles. The Hall–Kier alpha value is -6.90. The summed E-state index contributed by atoms with van der Waals surface area (Å²) < 4.78 is 5.02. The predicted molar refractivity (Wildman–Crippen MR) is 263 cm³/mol. The molecule has 2 aliphatic rings. The molecule has 2 heteroatoms. The van der Waals surface area contributed by atoms with E-state index in [9.17, 15) is 0 Å². The molecular weight excluding hydrogens is 749 g/mol. The van der Waals surface area contributed by atoms with Gasteiger partial charge in [0.2, 0.25) is 0 Å². The molecule has 1 unspecified atom stereocenters. The molecule has 0 amide bonds. The molecule has 0 saturated carbocycles. The van der Waals surface area contributed by atoms with Crippen molar-refractivity contribution in [2.45, 2.75) is 63.7 Å². The van der Waals surface area contributed by atoms with Crippen LogP contribution in [0.4, 0.5) is 0 Å². The lowest BCUT2D eigenvalue weighted by Gasteiger charge is -2.43. The van der Waals surface area contributed by atoms with Crippen LogP contribution in [0.2, 0.25) is 0 Å². The summed E-state index contributed by atoms with van der Waals surface area (Å²) in [5.41, 5.74) is 15.9. The van der Waals surface area contributed by atoms with Crippen molar-refractivity contribution in [3.8, 4) is 33.6 Å². The van der Waals surface area contributed by atoms with Crippen LogP contribution in [0.15, 0.2) is 176 Å². The summed E-state index contributed by atoms with van der Waals surface area (Å²) in [5.74, 6) is 0.249. The van der Waals surface area contributed by atoms with Crippen molar-refractivity contribution in [1.29, 1.82) is 0 Å². The molecule has 8 aromatic carbocycles. The first-order valence-corrected chi connectivity index (χ1v) is 22.4. The van der Waals surface area contributed by atoms with E-state index in [4.69, 9.17) is 0 Å². The summed E-state index contributed by atoms with van der Waals surface area (Å²) in [5, 5.41) is 9.01. The first kappa shape index (κ1) is 36.9. The van der Waals surface area contributed by atoms with Gasteiger partial charge in [0, 0.05) is 43.9 Å². The van der Waals surface area contributed by atoms with Crippen molar-refractivity contribution in [3.63, 3.8) is 0 Å². The average Bonchev–Trinajstić information content (AvgIpc) is 3.82. The highest BCUT2D eigenvalue weighted by atomic mass is 15.0. The minimum atomic E-state index is 0.0878. The van der Waals surface area contributed by atoms with Gasteiger partial charge < -0.3 is 9.13 Å². The maximum atomic E-state index is 2.55. The second-order valence-corrected chi connectivity index (χ2v) is 19.1. The van der Waals surface area contributed by atoms with E-state index in [2.05, 4.69) is 225 Å². The second-order valence-electron chi connectivity index (χ2n) is 19.1. The quantitative estimate of drug-likeness (QED) is 0.164. The zero-order valence-electron chi connectivity index (χ0n) is 36.0. The fourth-order valence-corrected chi connectivity index (χ4v) is 11.3. The van der Waals surface area contributed by atoms with Gasteiger partial charge in [0.05, 0.1) is 22.2 Å². The third-order valence-electron chi connectivity index (χ3n) is 14.5. The molecule has 0 N–H and O–H groups in total. The largest absolute Gasteiger partial charge is 0.310 e. The molecule has 0 saturated heterocycles. The van der Waals surface area contributed by atoms with Crippen molar-refractivity contribution < 1.29 is 0 Å². The zero-order valence-corrected chi connectivity index (χ0v) is 36.0. The van der Waals surface area contributed by atoms with Crippen LogP contribution >= 0.6 is 0 Å². The van der Waals surface area contributed by atoms with Crippen molar-refractivity contribution in [2.24, 2.45) is 0 Å². The molecule has 2 heterocycles. The van der Waals surface area contributed by atoms with E-state index in [1.807, 2.05) is 0 Å². The molecule has 10 aromatic rings. The molecule has 0 fully saturated rings. The van der Waals surface area contributed by atoms with Gasteiger partial charge in [-0.25, -0.2) is 0 Å². The molecular formula is C60H50N2. The Morgan fingerprint density at radius 2 is 1.15 bits per heavy atom. The molecule has 2 aromatic heterocycles. The number of rotatable bonds is 5. The topological polar surface area (TPSA) is 9.86 Å². The van der Waals surface area contributed by atoms with Gasteiger partial charge in [-0.1, -0.05) is 173 Å². The standard InChI is InChI=1S/C60H50N2/c1-59(2)33-34-60(3,4)58-48(24-16-25-52(58)59)45-21-10-14-27-54(45)62-55-28-15-12-23-47(55)51-37-41(30-32-57(51)62)40-29-31-56-50(36-40)46-22-11-13-26-53(46)61(56)43-35-42-19-8-9-20-44(42)49(38-43)39-17-6-5-7-18-39/h5-28,30-32,35-38,40H,29,33-34H2,1-4H3. The number of fused-ring (bicyclic) bond motifs is 8. The maximum absolute atomic E-state index is 2.55. The van der Waals surface area contributed by atoms with E-state index in [0.717, 1.165) is 6.42 Å². The van der Waals surface area contributed by atoms with Gasteiger partial charge in [-0.15, -0.1) is 0 Å². The number of para-hydroxylation sites is 3. The van der Waals surface area contributed by atoms with Crippen LogP contribution < -0.4 is 10.6 Å². The Labute approximate surface area is 363 Å². The SMILES string of the molecule is CC1(C)CCC(C)(C)c2c(-c3ccccc3-n3c4ccccc4c4cc(C5C=c6c(n(-c7cc(-c8ccccc8)c8ccccc8c7)c7ccccc67)=CC5)ccc43)cccc21. The van der Waals surface area contributed by atoms with Crippen LogP contribution in [-0.4, -0.2) is 9.13 Å². The zero-order chi connectivity index (χ0) is 41.7. The van der Waals surface area contributed by atoms with E-state index in [1.54, 1.807) is 0 Å². The Balaban J connectivity index is 1.01. The summed E-state index contributed by atoms with van der Waals surface area (Å²) >= 11 is 0. The first-order valence-electron chi connectivity index (χ1n) is 22.4. The van der Waals surface area contributed by atoms with Gasteiger partial charge in [-0.2, -0.15) is 0 Å². The fraction of sp³-hybridized carbons (Fsp3) is 0.167. The summed E-state index contributed by atoms with van der Waals surface area (Å²) in [6.45, 7) is 9.74. The predicted octanol–water partition coefficient (Wildman–Crippen LogP) is 14.3. The highest BCUT2D eigenvalue weighted by Crippen LogP contribution is 2.50. The third-order valence-corrected chi connectivity index (χ3v) is 14.5. The van der Waals surface area contributed by atoms with Crippen LogP contribution in [0.5, 0.6) is 0 Å².